The number of ether oxygens (including phenoxy) is 2. The molecule has 10 heteroatoms. The van der Waals surface area contributed by atoms with Gasteiger partial charge < -0.3 is 9.47 Å². The van der Waals surface area contributed by atoms with Gasteiger partial charge in [-0.05, 0) is 25.0 Å². The molecule has 0 aliphatic carbocycles. The molecule has 148 valence electrons. The third-order valence-electron chi connectivity index (χ3n) is 4.87. The van der Waals surface area contributed by atoms with Gasteiger partial charge in [-0.15, -0.1) is 10.2 Å². The Morgan fingerprint density at radius 3 is 2.64 bits per heavy atom. The maximum atomic E-state index is 14.7. The standard InChI is InChI=1S/C18H19FN4O4S/c1-26-14-10-12(19)16(11-15(14)27-2)28(24,25)23-9-5-6-13(23)18-21-20-17-7-3-4-8-22(17)18/h3-4,7-8,10-11,13H,5-6,9H2,1-2H3. The second kappa shape index (κ2) is 7.02. The summed E-state index contributed by atoms with van der Waals surface area (Å²) in [6, 6.07) is 7.08. The summed E-state index contributed by atoms with van der Waals surface area (Å²) in [5.41, 5.74) is 0.624. The molecular formula is C18H19FN4O4S. The number of hydrogen-bond donors (Lipinski definition) is 0. The van der Waals surface area contributed by atoms with Gasteiger partial charge in [-0.3, -0.25) is 4.40 Å². The van der Waals surface area contributed by atoms with Crippen LogP contribution in [0.4, 0.5) is 4.39 Å². The van der Waals surface area contributed by atoms with E-state index in [4.69, 9.17) is 9.47 Å². The van der Waals surface area contributed by atoms with Crippen LogP contribution in [0.1, 0.15) is 24.7 Å². The van der Waals surface area contributed by atoms with Crippen LogP contribution in [-0.4, -0.2) is 48.1 Å². The van der Waals surface area contributed by atoms with Gasteiger partial charge in [-0.2, -0.15) is 4.31 Å². The van der Waals surface area contributed by atoms with Gasteiger partial charge >= 0.3 is 0 Å². The van der Waals surface area contributed by atoms with E-state index in [9.17, 15) is 12.8 Å². The van der Waals surface area contributed by atoms with Crippen molar-refractivity contribution in [1.82, 2.24) is 18.9 Å². The highest BCUT2D eigenvalue weighted by atomic mass is 32.2. The van der Waals surface area contributed by atoms with Crippen LogP contribution in [0.5, 0.6) is 11.5 Å². The summed E-state index contributed by atoms with van der Waals surface area (Å²) in [7, 11) is -1.40. The Bertz CT molecular complexity index is 1130. The van der Waals surface area contributed by atoms with E-state index >= 15 is 0 Å². The first kappa shape index (κ1) is 18.6. The van der Waals surface area contributed by atoms with Crippen molar-refractivity contribution < 1.29 is 22.3 Å². The highest BCUT2D eigenvalue weighted by Crippen LogP contribution is 2.39. The van der Waals surface area contributed by atoms with E-state index in [0.29, 0.717) is 24.3 Å². The molecule has 1 atom stereocenters. The van der Waals surface area contributed by atoms with Gasteiger partial charge in [0.25, 0.3) is 0 Å². The quantitative estimate of drug-likeness (QED) is 0.647. The second-order valence-electron chi connectivity index (χ2n) is 6.40. The van der Waals surface area contributed by atoms with Crippen molar-refractivity contribution in [1.29, 1.82) is 0 Å². The number of benzene rings is 1. The number of pyridine rings is 1. The molecule has 1 aliphatic heterocycles. The van der Waals surface area contributed by atoms with E-state index in [1.807, 2.05) is 12.1 Å². The van der Waals surface area contributed by atoms with Crippen LogP contribution in [-0.2, 0) is 10.0 Å². The molecule has 28 heavy (non-hydrogen) atoms. The molecule has 3 aromatic rings. The Kier molecular flexibility index (Phi) is 4.68. The molecule has 8 nitrogen and oxygen atoms in total. The third-order valence-corrected chi connectivity index (χ3v) is 6.79. The first-order valence-corrected chi connectivity index (χ1v) is 10.1. The Labute approximate surface area is 161 Å². The highest BCUT2D eigenvalue weighted by Gasteiger charge is 2.40. The number of methoxy groups -OCH3 is 2. The van der Waals surface area contributed by atoms with Crippen molar-refractivity contribution in [3.05, 3.63) is 48.2 Å². The van der Waals surface area contributed by atoms with Gasteiger partial charge in [0, 0.05) is 24.9 Å². The molecule has 4 rings (SSSR count). The lowest BCUT2D eigenvalue weighted by molar-refractivity contribution is 0.348. The summed E-state index contributed by atoms with van der Waals surface area (Å²) in [6.07, 6.45) is 3.00. The predicted octanol–water partition coefficient (Wildman–Crippen LogP) is 2.41. The maximum Gasteiger partial charge on any atom is 0.246 e. The van der Waals surface area contributed by atoms with Crippen molar-refractivity contribution in [3.8, 4) is 11.5 Å². The van der Waals surface area contributed by atoms with Gasteiger partial charge in [0.2, 0.25) is 10.0 Å². The number of sulfonamides is 1. The number of hydrogen-bond acceptors (Lipinski definition) is 6. The molecule has 1 aliphatic rings. The molecule has 1 saturated heterocycles. The fraction of sp³-hybridized carbons (Fsp3) is 0.333. The first-order valence-electron chi connectivity index (χ1n) is 8.70. The zero-order valence-corrected chi connectivity index (χ0v) is 16.2. The van der Waals surface area contributed by atoms with Gasteiger partial charge in [0.15, 0.2) is 23.0 Å². The highest BCUT2D eigenvalue weighted by molar-refractivity contribution is 7.89. The van der Waals surface area contributed by atoms with E-state index in [2.05, 4.69) is 10.2 Å². The summed E-state index contributed by atoms with van der Waals surface area (Å²) < 4.78 is 54.5. The molecule has 3 heterocycles. The summed E-state index contributed by atoms with van der Waals surface area (Å²) >= 11 is 0. The summed E-state index contributed by atoms with van der Waals surface area (Å²) in [4.78, 5) is -0.453. The van der Waals surface area contributed by atoms with Crippen LogP contribution in [0.25, 0.3) is 5.65 Å². The lowest BCUT2D eigenvalue weighted by atomic mass is 10.2. The van der Waals surface area contributed by atoms with Crippen LogP contribution in [0.15, 0.2) is 41.4 Å². The van der Waals surface area contributed by atoms with Crippen molar-refractivity contribution >= 4 is 15.7 Å². The number of halogens is 1. The molecule has 0 N–H and O–H groups in total. The zero-order chi connectivity index (χ0) is 19.9. The van der Waals surface area contributed by atoms with E-state index in [1.165, 1.54) is 18.5 Å². The normalized spacial score (nSPS) is 17.9. The van der Waals surface area contributed by atoms with Gasteiger partial charge in [-0.1, -0.05) is 6.07 Å². The van der Waals surface area contributed by atoms with Crippen LogP contribution in [0.3, 0.4) is 0 Å². The van der Waals surface area contributed by atoms with Crippen LogP contribution in [0.2, 0.25) is 0 Å². The lowest BCUT2D eigenvalue weighted by Crippen LogP contribution is -2.32. The molecule has 2 aromatic heterocycles. The molecule has 0 spiro atoms. The molecule has 1 unspecified atom stereocenters. The molecule has 0 saturated carbocycles. The third kappa shape index (κ3) is 2.89. The molecular weight excluding hydrogens is 387 g/mol. The van der Waals surface area contributed by atoms with Gasteiger partial charge in [-0.25, -0.2) is 12.8 Å². The first-order chi connectivity index (χ1) is 13.5. The average Bonchev–Trinajstić information content (AvgIpc) is 3.34. The largest absolute Gasteiger partial charge is 0.493 e. The summed E-state index contributed by atoms with van der Waals surface area (Å²) in [5, 5.41) is 8.29. The number of fused-ring (bicyclic) bond motifs is 1. The monoisotopic (exact) mass is 406 g/mol. The molecule has 1 aromatic carbocycles. The summed E-state index contributed by atoms with van der Waals surface area (Å²) in [6.45, 7) is 0.266. The van der Waals surface area contributed by atoms with Crippen LogP contribution >= 0.6 is 0 Å². The van der Waals surface area contributed by atoms with Crippen LogP contribution in [0, 0.1) is 5.82 Å². The van der Waals surface area contributed by atoms with Crippen molar-refractivity contribution in [2.75, 3.05) is 20.8 Å². The fourth-order valence-corrected chi connectivity index (χ4v) is 5.25. The minimum Gasteiger partial charge on any atom is -0.493 e. The number of nitrogens with zero attached hydrogens (tertiary/aromatic N) is 4. The molecule has 0 bridgehead atoms. The SMILES string of the molecule is COc1cc(F)c(S(=O)(=O)N2CCCC2c2nnc3ccccn23)cc1OC. The Morgan fingerprint density at radius 2 is 1.89 bits per heavy atom. The van der Waals surface area contributed by atoms with Crippen molar-refractivity contribution in [2.24, 2.45) is 0 Å². The Balaban J connectivity index is 1.79. The van der Waals surface area contributed by atoms with E-state index in [-0.39, 0.29) is 18.0 Å². The van der Waals surface area contributed by atoms with Crippen LogP contribution < -0.4 is 9.47 Å². The number of rotatable bonds is 5. The molecule has 1 fully saturated rings. The lowest BCUT2D eigenvalue weighted by Gasteiger charge is -2.23. The fourth-order valence-electron chi connectivity index (χ4n) is 3.53. The van der Waals surface area contributed by atoms with E-state index in [0.717, 1.165) is 12.1 Å². The Morgan fingerprint density at radius 1 is 1.14 bits per heavy atom. The van der Waals surface area contributed by atoms with E-state index < -0.39 is 26.8 Å². The predicted molar refractivity (Wildman–Crippen MR) is 98.4 cm³/mol. The smallest absolute Gasteiger partial charge is 0.246 e. The van der Waals surface area contributed by atoms with Gasteiger partial charge in [0.1, 0.15) is 10.7 Å². The van der Waals surface area contributed by atoms with Gasteiger partial charge in [0.05, 0.1) is 20.3 Å². The zero-order valence-electron chi connectivity index (χ0n) is 15.4. The molecule has 0 amide bonds. The molecule has 0 radical (unpaired) electrons. The minimum atomic E-state index is -4.13. The van der Waals surface area contributed by atoms with E-state index in [1.54, 1.807) is 16.7 Å². The topological polar surface area (TPSA) is 86.0 Å². The average molecular weight is 406 g/mol. The maximum absolute atomic E-state index is 14.7. The number of aromatic nitrogens is 3. The van der Waals surface area contributed by atoms with Crippen molar-refractivity contribution in [2.45, 2.75) is 23.8 Å². The Hall–Kier alpha value is -2.72. The summed E-state index contributed by atoms with van der Waals surface area (Å²) in [5.74, 6) is -0.113. The second-order valence-corrected chi connectivity index (χ2v) is 8.26. The van der Waals surface area contributed by atoms with Crippen molar-refractivity contribution in [3.63, 3.8) is 0 Å². The minimum absolute atomic E-state index is 0.125.